The van der Waals surface area contributed by atoms with Crippen LogP contribution in [0.25, 0.3) is 0 Å². The summed E-state index contributed by atoms with van der Waals surface area (Å²) in [5.41, 5.74) is 4.32. The normalized spacial score (nSPS) is 10.1. The van der Waals surface area contributed by atoms with E-state index in [9.17, 15) is 9.59 Å². The van der Waals surface area contributed by atoms with Crippen LogP contribution in [0.5, 0.6) is 11.5 Å². The summed E-state index contributed by atoms with van der Waals surface area (Å²) >= 11 is 0. The summed E-state index contributed by atoms with van der Waals surface area (Å²) in [6.07, 6.45) is 0.771. The minimum Gasteiger partial charge on any atom is -0.496 e. The standard InChI is InChI=1S/C17H20N4O4/c1-11-8-12(9-22)6-7-15(11)25-10-13-14(21(19)17(23)20-18)4-3-5-16(13)24-2/h3-9H,10,18-19H2,1-2H3,(H,20,23). The molecule has 8 nitrogen and oxygen atoms in total. The van der Waals surface area contributed by atoms with Gasteiger partial charge in [-0.15, -0.1) is 0 Å². The molecule has 8 heteroatoms. The molecule has 0 bridgehead atoms. The summed E-state index contributed by atoms with van der Waals surface area (Å²) in [6, 6.07) is 9.50. The second kappa shape index (κ2) is 8.13. The highest BCUT2D eigenvalue weighted by molar-refractivity contribution is 5.91. The topological polar surface area (TPSA) is 120 Å². The Morgan fingerprint density at radius 2 is 2.04 bits per heavy atom. The molecule has 0 aromatic heterocycles. The molecule has 0 unspecified atom stereocenters. The summed E-state index contributed by atoms with van der Waals surface area (Å²) in [5.74, 6) is 12.1. The van der Waals surface area contributed by atoms with Crippen LogP contribution in [0.15, 0.2) is 36.4 Å². The van der Waals surface area contributed by atoms with Crippen LogP contribution in [0, 0.1) is 6.92 Å². The molecule has 2 aromatic rings. The molecular formula is C17H20N4O4. The summed E-state index contributed by atoms with van der Waals surface area (Å²) in [5, 5.41) is 0.879. The van der Waals surface area contributed by atoms with Gasteiger partial charge >= 0.3 is 6.03 Å². The first-order valence-corrected chi connectivity index (χ1v) is 7.41. The molecule has 0 aliphatic heterocycles. The van der Waals surface area contributed by atoms with Gasteiger partial charge in [-0.25, -0.2) is 21.5 Å². The fourth-order valence-electron chi connectivity index (χ4n) is 2.35. The van der Waals surface area contributed by atoms with E-state index in [0.29, 0.717) is 28.3 Å². The molecule has 2 aromatic carbocycles. The minimum atomic E-state index is -0.680. The van der Waals surface area contributed by atoms with Gasteiger partial charge in [-0.2, -0.15) is 0 Å². The van der Waals surface area contributed by atoms with Crippen molar-refractivity contribution in [3.05, 3.63) is 53.1 Å². The molecule has 0 saturated heterocycles. The highest BCUT2D eigenvalue weighted by Gasteiger charge is 2.18. The van der Waals surface area contributed by atoms with Gasteiger partial charge in [0.05, 0.1) is 18.4 Å². The molecular weight excluding hydrogens is 324 g/mol. The SMILES string of the molecule is COc1cccc(N(N)C(=O)NN)c1COc1ccc(C=O)cc1C. The quantitative estimate of drug-likeness (QED) is 0.317. The Morgan fingerprint density at radius 3 is 2.64 bits per heavy atom. The third-order valence-corrected chi connectivity index (χ3v) is 3.64. The summed E-state index contributed by atoms with van der Waals surface area (Å²) < 4.78 is 11.2. The van der Waals surface area contributed by atoms with E-state index < -0.39 is 6.03 Å². The predicted octanol–water partition coefficient (Wildman–Crippen LogP) is 1.66. The van der Waals surface area contributed by atoms with E-state index in [1.807, 2.05) is 12.3 Å². The van der Waals surface area contributed by atoms with Crippen LogP contribution in [-0.2, 0) is 6.61 Å². The van der Waals surface area contributed by atoms with Crippen LogP contribution in [0.2, 0.25) is 0 Å². The Labute approximate surface area is 145 Å². The molecule has 132 valence electrons. The van der Waals surface area contributed by atoms with Crippen molar-refractivity contribution < 1.29 is 19.1 Å². The molecule has 0 atom stereocenters. The molecule has 0 aliphatic carbocycles. The molecule has 2 rings (SSSR count). The number of aryl methyl sites for hydroxylation is 1. The largest absolute Gasteiger partial charge is 0.496 e. The number of methoxy groups -OCH3 is 1. The number of rotatable bonds is 6. The first-order valence-electron chi connectivity index (χ1n) is 7.41. The third kappa shape index (κ3) is 4.06. The van der Waals surface area contributed by atoms with Crippen molar-refractivity contribution in [1.29, 1.82) is 0 Å². The Morgan fingerprint density at radius 1 is 1.28 bits per heavy atom. The van der Waals surface area contributed by atoms with Crippen LogP contribution in [0.1, 0.15) is 21.5 Å². The lowest BCUT2D eigenvalue weighted by atomic mass is 10.1. The van der Waals surface area contributed by atoms with Gasteiger partial charge in [0.2, 0.25) is 0 Å². The van der Waals surface area contributed by atoms with E-state index >= 15 is 0 Å². The number of amides is 2. The Kier molecular flexibility index (Phi) is 5.93. The van der Waals surface area contributed by atoms with Crippen LogP contribution in [0.3, 0.4) is 0 Å². The fourth-order valence-corrected chi connectivity index (χ4v) is 2.35. The Bertz CT molecular complexity index is 779. The average molecular weight is 344 g/mol. The molecule has 0 radical (unpaired) electrons. The number of hydrogen-bond acceptors (Lipinski definition) is 6. The number of anilines is 1. The van der Waals surface area contributed by atoms with E-state index in [-0.39, 0.29) is 6.61 Å². The van der Waals surface area contributed by atoms with E-state index in [1.165, 1.54) is 7.11 Å². The third-order valence-electron chi connectivity index (χ3n) is 3.64. The number of hydrazine groups is 2. The van der Waals surface area contributed by atoms with Crippen LogP contribution in [0.4, 0.5) is 10.5 Å². The molecule has 5 N–H and O–H groups in total. The van der Waals surface area contributed by atoms with Crippen LogP contribution >= 0.6 is 0 Å². The van der Waals surface area contributed by atoms with Crippen molar-refractivity contribution in [3.63, 3.8) is 0 Å². The maximum Gasteiger partial charge on any atom is 0.350 e. The number of nitrogens with one attached hydrogen (secondary N) is 1. The highest BCUT2D eigenvalue weighted by Crippen LogP contribution is 2.30. The fraction of sp³-hybridized carbons (Fsp3) is 0.176. The summed E-state index contributed by atoms with van der Waals surface area (Å²) in [4.78, 5) is 22.5. The number of aldehydes is 1. The second-order valence-electron chi connectivity index (χ2n) is 5.21. The van der Waals surface area contributed by atoms with E-state index in [2.05, 4.69) is 0 Å². The van der Waals surface area contributed by atoms with Crippen LogP contribution in [-0.4, -0.2) is 19.4 Å². The number of nitrogens with zero attached hydrogens (tertiary/aromatic N) is 1. The molecule has 25 heavy (non-hydrogen) atoms. The Hall–Kier alpha value is -3.10. The zero-order valence-electron chi connectivity index (χ0n) is 14.0. The van der Waals surface area contributed by atoms with Gasteiger partial charge in [0.15, 0.2) is 0 Å². The maximum absolute atomic E-state index is 11.7. The number of nitrogens with two attached hydrogens (primary N) is 2. The Balaban J connectivity index is 2.31. The molecule has 2 amide bonds. The molecule has 0 saturated carbocycles. The summed E-state index contributed by atoms with van der Waals surface area (Å²) in [6.45, 7) is 1.94. The predicted molar refractivity (Wildman–Crippen MR) is 93.3 cm³/mol. The van der Waals surface area contributed by atoms with Gasteiger partial charge in [0.1, 0.15) is 24.4 Å². The van der Waals surface area contributed by atoms with Crippen molar-refractivity contribution in [2.45, 2.75) is 13.5 Å². The van der Waals surface area contributed by atoms with Gasteiger partial charge in [-0.1, -0.05) is 6.07 Å². The highest BCUT2D eigenvalue weighted by atomic mass is 16.5. The molecule has 0 spiro atoms. The number of urea groups is 1. The first-order chi connectivity index (χ1) is 12.0. The monoisotopic (exact) mass is 344 g/mol. The number of carbonyl (C=O) groups excluding carboxylic acids is 2. The smallest absolute Gasteiger partial charge is 0.350 e. The average Bonchev–Trinajstić information content (AvgIpc) is 2.65. The van der Waals surface area contributed by atoms with Crippen molar-refractivity contribution in [1.82, 2.24) is 5.43 Å². The van der Waals surface area contributed by atoms with Crippen molar-refractivity contribution in [2.24, 2.45) is 11.7 Å². The number of carbonyl (C=O) groups is 2. The lowest BCUT2D eigenvalue weighted by Crippen LogP contribution is -2.48. The minimum absolute atomic E-state index is 0.103. The summed E-state index contributed by atoms with van der Waals surface area (Å²) in [7, 11) is 1.51. The lowest BCUT2D eigenvalue weighted by molar-refractivity contribution is 0.112. The zero-order chi connectivity index (χ0) is 18.4. The molecule has 0 aliphatic rings. The first kappa shape index (κ1) is 18.2. The maximum atomic E-state index is 11.7. The van der Waals surface area contributed by atoms with Gasteiger partial charge in [-0.3, -0.25) is 10.2 Å². The van der Waals surface area contributed by atoms with E-state index in [0.717, 1.165) is 16.9 Å². The molecule has 0 fully saturated rings. The van der Waals surface area contributed by atoms with Gasteiger partial charge in [0, 0.05) is 5.56 Å². The van der Waals surface area contributed by atoms with Gasteiger partial charge in [-0.05, 0) is 42.8 Å². The van der Waals surface area contributed by atoms with Crippen LogP contribution < -0.4 is 31.6 Å². The van der Waals surface area contributed by atoms with E-state index in [1.54, 1.807) is 36.4 Å². The van der Waals surface area contributed by atoms with Gasteiger partial charge in [0.25, 0.3) is 0 Å². The number of ether oxygens (including phenoxy) is 2. The lowest BCUT2D eigenvalue weighted by Gasteiger charge is -2.21. The molecule has 0 heterocycles. The zero-order valence-corrected chi connectivity index (χ0v) is 14.0. The van der Waals surface area contributed by atoms with Crippen molar-refractivity contribution >= 4 is 18.0 Å². The van der Waals surface area contributed by atoms with Gasteiger partial charge < -0.3 is 9.47 Å². The van der Waals surface area contributed by atoms with Crippen molar-refractivity contribution in [2.75, 3.05) is 12.1 Å². The van der Waals surface area contributed by atoms with Crippen molar-refractivity contribution in [3.8, 4) is 11.5 Å². The number of hydrogen-bond donors (Lipinski definition) is 3. The second-order valence-corrected chi connectivity index (χ2v) is 5.21. The van der Waals surface area contributed by atoms with E-state index in [4.69, 9.17) is 21.2 Å². The number of benzene rings is 2.